The fraction of sp³-hybridized carbons (Fsp3) is 0.533. The van der Waals surface area contributed by atoms with Crippen molar-refractivity contribution < 1.29 is 22.7 Å². The number of carbonyl (C=O) groups excluding carboxylic acids is 1. The van der Waals surface area contributed by atoms with Gasteiger partial charge in [-0.3, -0.25) is 4.79 Å². The number of anilines is 1. The number of rotatable bonds is 1. The molecule has 2 heterocycles. The van der Waals surface area contributed by atoms with Crippen LogP contribution >= 0.6 is 15.9 Å². The van der Waals surface area contributed by atoms with Gasteiger partial charge in [-0.15, -0.1) is 0 Å². The summed E-state index contributed by atoms with van der Waals surface area (Å²) >= 11 is 3.06. The van der Waals surface area contributed by atoms with Crippen LogP contribution in [0, 0.1) is 5.41 Å². The first-order valence-corrected chi connectivity index (χ1v) is 7.89. The van der Waals surface area contributed by atoms with Crippen LogP contribution in [-0.4, -0.2) is 25.7 Å². The topological polar surface area (TPSA) is 29.5 Å². The third-order valence-corrected chi connectivity index (χ3v) is 5.01. The summed E-state index contributed by atoms with van der Waals surface area (Å²) in [5.74, 6) is -0.205. The van der Waals surface area contributed by atoms with Gasteiger partial charge in [-0.05, 0) is 37.5 Å². The van der Waals surface area contributed by atoms with Crippen LogP contribution in [0.5, 0.6) is 0 Å². The highest BCUT2D eigenvalue weighted by Gasteiger charge is 2.49. The first-order valence-electron chi connectivity index (χ1n) is 7.10. The van der Waals surface area contributed by atoms with Gasteiger partial charge >= 0.3 is 6.18 Å². The number of alkyl halides is 3. The maximum atomic E-state index is 13.3. The van der Waals surface area contributed by atoms with E-state index in [0.717, 1.165) is 6.07 Å². The summed E-state index contributed by atoms with van der Waals surface area (Å²) in [6, 6.07) is 3.92. The predicted octanol–water partition coefficient (Wildman–Crippen LogP) is 4.00. The highest BCUT2D eigenvalue weighted by Crippen LogP contribution is 2.46. The molecule has 0 bridgehead atoms. The Bertz CT molecular complexity index is 597. The van der Waals surface area contributed by atoms with E-state index in [-0.39, 0.29) is 11.6 Å². The molecule has 0 aliphatic carbocycles. The van der Waals surface area contributed by atoms with Crippen molar-refractivity contribution in [2.45, 2.75) is 25.4 Å². The first kappa shape index (κ1) is 15.8. The van der Waals surface area contributed by atoms with Gasteiger partial charge in [-0.1, -0.05) is 15.9 Å². The maximum Gasteiger partial charge on any atom is 0.418 e. The number of amides is 1. The first-order chi connectivity index (χ1) is 10.3. The molecule has 0 unspecified atom stereocenters. The van der Waals surface area contributed by atoms with Crippen molar-refractivity contribution in [1.29, 1.82) is 0 Å². The van der Waals surface area contributed by atoms with Gasteiger partial charge in [-0.25, -0.2) is 0 Å². The van der Waals surface area contributed by atoms with E-state index < -0.39 is 17.2 Å². The van der Waals surface area contributed by atoms with Crippen LogP contribution in [0.25, 0.3) is 0 Å². The number of nitrogens with zero attached hydrogens (tertiary/aromatic N) is 1. The normalized spacial score (nSPS) is 21.6. The quantitative estimate of drug-likeness (QED) is 0.740. The lowest BCUT2D eigenvalue weighted by Gasteiger charge is -2.32. The Morgan fingerprint density at radius 2 is 1.86 bits per heavy atom. The molecule has 1 spiro atoms. The van der Waals surface area contributed by atoms with E-state index in [2.05, 4.69) is 15.9 Å². The van der Waals surface area contributed by atoms with Gasteiger partial charge in [0, 0.05) is 24.2 Å². The SMILES string of the molecule is O=C1N(c2ccc(Br)cc2C(F)(F)F)CCC12CCOCC2. The summed E-state index contributed by atoms with van der Waals surface area (Å²) in [7, 11) is 0. The average molecular weight is 378 g/mol. The van der Waals surface area contributed by atoms with Gasteiger partial charge in [0.05, 0.1) is 16.7 Å². The lowest BCUT2D eigenvalue weighted by molar-refractivity contribution is -0.137. The van der Waals surface area contributed by atoms with Gasteiger partial charge in [-0.2, -0.15) is 13.2 Å². The second kappa shape index (κ2) is 5.53. The van der Waals surface area contributed by atoms with Crippen molar-refractivity contribution in [1.82, 2.24) is 0 Å². The molecule has 2 aliphatic rings. The number of hydrogen-bond acceptors (Lipinski definition) is 2. The minimum Gasteiger partial charge on any atom is -0.381 e. The summed E-state index contributed by atoms with van der Waals surface area (Å²) in [6.07, 6.45) is -2.74. The van der Waals surface area contributed by atoms with Crippen molar-refractivity contribution in [3.05, 3.63) is 28.2 Å². The molecule has 2 aliphatic heterocycles. The molecule has 2 fully saturated rings. The average Bonchev–Trinajstić information content (AvgIpc) is 2.76. The number of halogens is 4. The molecule has 3 nitrogen and oxygen atoms in total. The van der Waals surface area contributed by atoms with E-state index in [9.17, 15) is 18.0 Å². The molecule has 2 saturated heterocycles. The third-order valence-electron chi connectivity index (χ3n) is 4.52. The molecule has 0 aromatic heterocycles. The number of hydrogen-bond donors (Lipinski definition) is 0. The van der Waals surface area contributed by atoms with Crippen LogP contribution in [0.15, 0.2) is 22.7 Å². The number of benzene rings is 1. The zero-order valence-electron chi connectivity index (χ0n) is 11.8. The lowest BCUT2D eigenvalue weighted by atomic mass is 9.79. The van der Waals surface area contributed by atoms with Gasteiger partial charge in [0.1, 0.15) is 0 Å². The molecular formula is C15H15BrF3NO2. The van der Waals surface area contributed by atoms with Crippen LogP contribution in [0.3, 0.4) is 0 Å². The summed E-state index contributed by atoms with van der Waals surface area (Å²) in [5, 5.41) is 0. The molecule has 22 heavy (non-hydrogen) atoms. The summed E-state index contributed by atoms with van der Waals surface area (Å²) in [4.78, 5) is 14.0. The summed E-state index contributed by atoms with van der Waals surface area (Å²) < 4.78 is 45.4. The van der Waals surface area contributed by atoms with Crippen LogP contribution in [-0.2, 0) is 15.7 Å². The summed E-state index contributed by atoms with van der Waals surface area (Å²) in [6.45, 7) is 1.31. The standard InChI is InChI=1S/C15H15BrF3NO2/c16-10-1-2-12(11(9-10)15(17,18)19)20-6-3-14(13(20)21)4-7-22-8-5-14/h1-2,9H,3-8H2. The number of ether oxygens (including phenoxy) is 1. The van der Waals surface area contributed by atoms with Crippen LogP contribution in [0.4, 0.5) is 18.9 Å². The highest BCUT2D eigenvalue weighted by atomic mass is 79.9. The molecule has 1 amide bonds. The molecule has 0 atom stereocenters. The minimum atomic E-state index is -4.50. The second-order valence-electron chi connectivity index (χ2n) is 5.76. The van der Waals surface area contributed by atoms with Gasteiger partial charge in [0.25, 0.3) is 0 Å². The molecule has 7 heteroatoms. The van der Waals surface area contributed by atoms with Crippen molar-refractivity contribution in [2.75, 3.05) is 24.7 Å². The lowest BCUT2D eigenvalue weighted by Crippen LogP contribution is -2.39. The molecule has 120 valence electrons. The zero-order chi connectivity index (χ0) is 16.0. The van der Waals surface area contributed by atoms with E-state index in [1.54, 1.807) is 0 Å². The molecule has 0 radical (unpaired) electrons. The van der Waals surface area contributed by atoms with E-state index in [4.69, 9.17) is 4.74 Å². The van der Waals surface area contributed by atoms with Crippen molar-refractivity contribution in [3.8, 4) is 0 Å². The zero-order valence-corrected chi connectivity index (χ0v) is 13.3. The van der Waals surface area contributed by atoms with E-state index >= 15 is 0 Å². The van der Waals surface area contributed by atoms with Crippen LogP contribution in [0.2, 0.25) is 0 Å². The monoisotopic (exact) mass is 377 g/mol. The minimum absolute atomic E-state index is 0.0518. The third kappa shape index (κ3) is 2.65. The Morgan fingerprint density at radius 3 is 2.50 bits per heavy atom. The predicted molar refractivity (Wildman–Crippen MR) is 78.6 cm³/mol. The molecule has 0 saturated carbocycles. The Balaban J connectivity index is 1.97. The van der Waals surface area contributed by atoms with E-state index in [1.807, 2.05) is 0 Å². The highest BCUT2D eigenvalue weighted by molar-refractivity contribution is 9.10. The van der Waals surface area contributed by atoms with E-state index in [1.165, 1.54) is 17.0 Å². The van der Waals surface area contributed by atoms with Gasteiger partial charge in [0.2, 0.25) is 5.91 Å². The van der Waals surface area contributed by atoms with Crippen molar-refractivity contribution in [2.24, 2.45) is 5.41 Å². The van der Waals surface area contributed by atoms with Crippen LogP contribution in [0.1, 0.15) is 24.8 Å². The van der Waals surface area contributed by atoms with E-state index in [0.29, 0.717) is 43.5 Å². The second-order valence-corrected chi connectivity index (χ2v) is 6.67. The van der Waals surface area contributed by atoms with Gasteiger partial charge in [0.15, 0.2) is 0 Å². The molecular weight excluding hydrogens is 363 g/mol. The Kier molecular flexibility index (Phi) is 3.97. The Hall–Kier alpha value is -1.08. The van der Waals surface area contributed by atoms with Crippen molar-refractivity contribution in [3.63, 3.8) is 0 Å². The fourth-order valence-corrected chi connectivity index (χ4v) is 3.61. The van der Waals surface area contributed by atoms with Crippen molar-refractivity contribution >= 4 is 27.5 Å². The largest absolute Gasteiger partial charge is 0.418 e. The molecule has 1 aromatic rings. The Morgan fingerprint density at radius 1 is 1.18 bits per heavy atom. The maximum absolute atomic E-state index is 13.3. The van der Waals surface area contributed by atoms with Crippen LogP contribution < -0.4 is 4.90 Å². The Labute approximate surface area is 134 Å². The molecule has 0 N–H and O–H groups in total. The molecule has 1 aromatic carbocycles. The smallest absolute Gasteiger partial charge is 0.381 e. The fourth-order valence-electron chi connectivity index (χ4n) is 3.25. The summed E-state index contributed by atoms with van der Waals surface area (Å²) in [5.41, 5.74) is -1.38. The number of carbonyl (C=O) groups is 1. The molecule has 3 rings (SSSR count). The van der Waals surface area contributed by atoms with Gasteiger partial charge < -0.3 is 9.64 Å².